The van der Waals surface area contributed by atoms with E-state index in [4.69, 9.17) is 11.6 Å². The van der Waals surface area contributed by atoms with Crippen LogP contribution in [0.5, 0.6) is 0 Å². The van der Waals surface area contributed by atoms with Gasteiger partial charge >= 0.3 is 0 Å². The Morgan fingerprint density at radius 1 is 1.18 bits per heavy atom. The van der Waals surface area contributed by atoms with E-state index in [0.29, 0.717) is 33.9 Å². The Kier molecular flexibility index (Phi) is 7.04. The van der Waals surface area contributed by atoms with Crippen molar-refractivity contribution in [2.45, 2.75) is 45.6 Å². The Morgan fingerprint density at radius 3 is 2.79 bits per heavy atom. The number of nitrogens with zero attached hydrogens (tertiary/aromatic N) is 2. The van der Waals surface area contributed by atoms with E-state index in [1.54, 1.807) is 34.9 Å². The second-order valence-corrected chi connectivity index (χ2v) is 8.81. The second-order valence-electron chi connectivity index (χ2n) is 8.37. The molecule has 0 unspecified atom stereocenters. The highest BCUT2D eigenvalue weighted by Crippen LogP contribution is 2.19. The summed E-state index contributed by atoms with van der Waals surface area (Å²) in [5.74, 6) is -0.635. The molecule has 0 spiro atoms. The van der Waals surface area contributed by atoms with E-state index in [0.717, 1.165) is 19.3 Å². The molecular formula is C26H26ClN3O3. The average Bonchev–Trinajstić information content (AvgIpc) is 2.81. The summed E-state index contributed by atoms with van der Waals surface area (Å²) < 4.78 is 1.58. The van der Waals surface area contributed by atoms with Crippen molar-refractivity contribution in [1.29, 1.82) is 0 Å². The molecule has 0 aliphatic heterocycles. The summed E-state index contributed by atoms with van der Waals surface area (Å²) in [6, 6.07) is 9.84. The van der Waals surface area contributed by atoms with Crippen LogP contribution in [0.4, 0.5) is 0 Å². The van der Waals surface area contributed by atoms with E-state index in [1.807, 2.05) is 6.92 Å². The van der Waals surface area contributed by atoms with Crippen LogP contribution in [0, 0.1) is 6.92 Å². The Bertz CT molecular complexity index is 1310. The minimum absolute atomic E-state index is 0.0180. The zero-order valence-electron chi connectivity index (χ0n) is 18.6. The molecule has 6 nitrogen and oxygen atoms in total. The van der Waals surface area contributed by atoms with Crippen molar-refractivity contribution in [3.05, 3.63) is 86.3 Å². The van der Waals surface area contributed by atoms with Crippen LogP contribution in [0.15, 0.2) is 59.0 Å². The Morgan fingerprint density at radius 2 is 2.03 bits per heavy atom. The van der Waals surface area contributed by atoms with Crippen LogP contribution >= 0.6 is 11.6 Å². The van der Waals surface area contributed by atoms with Crippen LogP contribution in [0.3, 0.4) is 0 Å². The molecule has 0 radical (unpaired) electrons. The SMILES string of the molecule is Cc1ccc2c(=O)c(C(=O)c3cccc(Cl)c3)cn(CC(=O)NCCC3=CCCCC3)c2n1. The molecule has 0 atom stereocenters. The first-order chi connectivity index (χ1) is 15.9. The molecule has 0 fully saturated rings. The van der Waals surface area contributed by atoms with Crippen molar-refractivity contribution in [2.24, 2.45) is 0 Å². The zero-order chi connectivity index (χ0) is 23.4. The largest absolute Gasteiger partial charge is 0.354 e. The number of benzene rings is 1. The summed E-state index contributed by atoms with van der Waals surface area (Å²) in [7, 11) is 0. The van der Waals surface area contributed by atoms with Crippen LogP contribution in [0.25, 0.3) is 11.0 Å². The molecule has 170 valence electrons. The number of aromatic nitrogens is 2. The minimum atomic E-state index is -0.441. The molecule has 0 saturated carbocycles. The maximum absolute atomic E-state index is 13.1. The number of nitrogens with one attached hydrogen (secondary N) is 1. The van der Waals surface area contributed by atoms with E-state index in [2.05, 4.69) is 16.4 Å². The fourth-order valence-electron chi connectivity index (χ4n) is 4.13. The third-order valence-electron chi connectivity index (χ3n) is 5.86. The molecule has 2 aromatic heterocycles. The van der Waals surface area contributed by atoms with Gasteiger partial charge in [-0.3, -0.25) is 14.4 Å². The fourth-order valence-corrected chi connectivity index (χ4v) is 4.32. The van der Waals surface area contributed by atoms with Crippen molar-refractivity contribution >= 4 is 34.3 Å². The van der Waals surface area contributed by atoms with E-state index >= 15 is 0 Å². The molecule has 1 aliphatic rings. The minimum Gasteiger partial charge on any atom is -0.354 e. The predicted octanol–water partition coefficient (Wildman–Crippen LogP) is 4.60. The van der Waals surface area contributed by atoms with E-state index < -0.39 is 11.2 Å². The van der Waals surface area contributed by atoms with Crippen molar-refractivity contribution in [1.82, 2.24) is 14.9 Å². The predicted molar refractivity (Wildman–Crippen MR) is 130 cm³/mol. The van der Waals surface area contributed by atoms with Crippen molar-refractivity contribution in [3.8, 4) is 0 Å². The molecule has 2 heterocycles. The molecule has 0 saturated heterocycles. The highest BCUT2D eigenvalue weighted by molar-refractivity contribution is 6.31. The number of carbonyl (C=O) groups excluding carboxylic acids is 2. The van der Waals surface area contributed by atoms with Gasteiger partial charge in [0.2, 0.25) is 11.3 Å². The van der Waals surface area contributed by atoms with Gasteiger partial charge in [-0.25, -0.2) is 4.98 Å². The number of aryl methyl sites for hydroxylation is 1. The summed E-state index contributed by atoms with van der Waals surface area (Å²) in [6.07, 6.45) is 9.19. The number of carbonyl (C=O) groups is 2. The number of hydrogen-bond acceptors (Lipinski definition) is 4. The molecule has 7 heteroatoms. The summed E-state index contributed by atoms with van der Waals surface area (Å²) in [5, 5.41) is 3.66. The van der Waals surface area contributed by atoms with E-state index in [9.17, 15) is 14.4 Å². The number of rotatable bonds is 7. The van der Waals surface area contributed by atoms with Crippen LogP contribution < -0.4 is 10.7 Å². The van der Waals surface area contributed by atoms with Crippen LogP contribution in [0.1, 0.15) is 53.7 Å². The van der Waals surface area contributed by atoms with Gasteiger partial charge in [-0.2, -0.15) is 0 Å². The van der Waals surface area contributed by atoms with E-state index in [1.165, 1.54) is 30.7 Å². The lowest BCUT2D eigenvalue weighted by Gasteiger charge is -2.15. The lowest BCUT2D eigenvalue weighted by molar-refractivity contribution is -0.121. The van der Waals surface area contributed by atoms with Gasteiger partial charge < -0.3 is 9.88 Å². The molecule has 1 N–H and O–H groups in total. The molecule has 1 aliphatic carbocycles. The lowest BCUT2D eigenvalue weighted by Crippen LogP contribution is -2.30. The first kappa shape index (κ1) is 22.9. The number of fused-ring (bicyclic) bond motifs is 1. The smallest absolute Gasteiger partial charge is 0.240 e. The summed E-state index contributed by atoms with van der Waals surface area (Å²) in [4.78, 5) is 43.4. The molecule has 33 heavy (non-hydrogen) atoms. The number of pyridine rings is 2. The summed E-state index contributed by atoms with van der Waals surface area (Å²) >= 11 is 6.03. The first-order valence-corrected chi connectivity index (χ1v) is 11.6. The van der Waals surface area contributed by atoms with Gasteiger partial charge in [-0.15, -0.1) is 0 Å². The van der Waals surface area contributed by atoms with Crippen molar-refractivity contribution in [2.75, 3.05) is 6.54 Å². The quantitative estimate of drug-likeness (QED) is 0.410. The number of ketones is 1. The normalized spacial score (nSPS) is 13.6. The Hall–Kier alpha value is -3.25. The average molecular weight is 464 g/mol. The Labute approximate surface area is 197 Å². The van der Waals surface area contributed by atoms with E-state index in [-0.39, 0.29) is 18.0 Å². The number of halogens is 1. The third-order valence-corrected chi connectivity index (χ3v) is 6.09. The molecule has 3 aromatic rings. The van der Waals surface area contributed by atoms with Gasteiger partial charge in [-0.1, -0.05) is 35.4 Å². The van der Waals surface area contributed by atoms with Crippen LogP contribution in [0.2, 0.25) is 5.02 Å². The van der Waals surface area contributed by atoms with Crippen molar-refractivity contribution in [3.63, 3.8) is 0 Å². The van der Waals surface area contributed by atoms with Gasteiger partial charge in [0.1, 0.15) is 12.2 Å². The standard InChI is InChI=1S/C26H26ClN3O3/c1-17-10-11-21-25(33)22(24(32)19-8-5-9-20(27)14-19)15-30(26(21)29-17)16-23(31)28-13-12-18-6-3-2-4-7-18/h5-6,8-11,14-15H,2-4,7,12-13,16H2,1H3,(H,28,31). The highest BCUT2D eigenvalue weighted by atomic mass is 35.5. The maximum atomic E-state index is 13.1. The van der Waals surface area contributed by atoms with Gasteiger partial charge in [0.15, 0.2) is 5.78 Å². The number of amides is 1. The summed E-state index contributed by atoms with van der Waals surface area (Å²) in [6.45, 7) is 2.34. The molecule has 1 amide bonds. The number of allylic oxidation sites excluding steroid dienone is 1. The van der Waals surface area contributed by atoms with Crippen LogP contribution in [-0.2, 0) is 11.3 Å². The highest BCUT2D eigenvalue weighted by Gasteiger charge is 2.19. The molecule has 4 rings (SSSR count). The van der Waals surface area contributed by atoms with Gasteiger partial charge in [0.25, 0.3) is 0 Å². The first-order valence-electron chi connectivity index (χ1n) is 11.2. The Balaban J connectivity index is 1.62. The maximum Gasteiger partial charge on any atom is 0.240 e. The van der Waals surface area contributed by atoms with Gasteiger partial charge in [-0.05, 0) is 63.3 Å². The zero-order valence-corrected chi connectivity index (χ0v) is 19.3. The fraction of sp³-hybridized carbons (Fsp3) is 0.308. The summed E-state index contributed by atoms with van der Waals surface area (Å²) in [5.41, 5.74) is 2.37. The molecule has 1 aromatic carbocycles. The van der Waals surface area contributed by atoms with Gasteiger partial charge in [0.05, 0.1) is 10.9 Å². The van der Waals surface area contributed by atoms with Crippen LogP contribution in [-0.4, -0.2) is 27.8 Å². The molecular weight excluding hydrogens is 438 g/mol. The van der Waals surface area contributed by atoms with Crippen molar-refractivity contribution < 1.29 is 9.59 Å². The third kappa shape index (κ3) is 5.40. The molecule has 0 bridgehead atoms. The lowest BCUT2D eigenvalue weighted by atomic mass is 9.97. The monoisotopic (exact) mass is 463 g/mol. The van der Waals surface area contributed by atoms with Gasteiger partial charge in [0, 0.05) is 29.0 Å². The topological polar surface area (TPSA) is 81.1 Å². The second kappa shape index (κ2) is 10.1. The number of hydrogen-bond donors (Lipinski definition) is 1.